The maximum Gasteiger partial charge on any atom is 0.252 e. The van der Waals surface area contributed by atoms with Gasteiger partial charge in [0.25, 0.3) is 5.91 Å². The largest absolute Gasteiger partial charge is 0.352 e. The molecular weight excluding hydrogens is 300 g/mol. The van der Waals surface area contributed by atoms with E-state index in [9.17, 15) is 4.79 Å². The summed E-state index contributed by atoms with van der Waals surface area (Å²) in [6.07, 6.45) is 2.03. The number of carbonyl (C=O) groups is 1. The van der Waals surface area contributed by atoms with E-state index in [1.54, 1.807) is 4.68 Å². The molecule has 0 radical (unpaired) electrons. The Morgan fingerprint density at radius 3 is 2.67 bits per heavy atom. The van der Waals surface area contributed by atoms with Crippen LogP contribution in [0.4, 0.5) is 0 Å². The van der Waals surface area contributed by atoms with E-state index in [0.29, 0.717) is 12.1 Å². The summed E-state index contributed by atoms with van der Waals surface area (Å²) in [4.78, 5) is 17.2. The molecule has 0 fully saturated rings. The van der Waals surface area contributed by atoms with Crippen LogP contribution in [0.15, 0.2) is 36.4 Å². The summed E-state index contributed by atoms with van der Waals surface area (Å²) in [5.41, 5.74) is 3.92. The van der Waals surface area contributed by atoms with Crippen molar-refractivity contribution < 1.29 is 4.79 Å². The summed E-state index contributed by atoms with van der Waals surface area (Å²) < 4.78 is 1.81. The third-order valence-corrected chi connectivity index (χ3v) is 4.00. The average Bonchev–Trinajstić information content (AvgIpc) is 2.91. The van der Waals surface area contributed by atoms with E-state index in [1.165, 1.54) is 0 Å². The van der Waals surface area contributed by atoms with Gasteiger partial charge in [0.05, 0.1) is 22.3 Å². The minimum atomic E-state index is -0.0605. The molecular formula is C19H22N4O. The van der Waals surface area contributed by atoms with Crippen molar-refractivity contribution in [2.24, 2.45) is 0 Å². The number of aromatic nitrogens is 3. The molecule has 0 spiro atoms. The number of nitrogens with zero attached hydrogens (tertiary/aromatic N) is 3. The highest BCUT2D eigenvalue weighted by molar-refractivity contribution is 6.06. The Hall–Kier alpha value is -2.69. The zero-order valence-corrected chi connectivity index (χ0v) is 14.3. The van der Waals surface area contributed by atoms with E-state index in [0.717, 1.165) is 41.0 Å². The molecule has 0 saturated heterocycles. The number of rotatable bonds is 5. The summed E-state index contributed by atoms with van der Waals surface area (Å²) >= 11 is 0. The van der Waals surface area contributed by atoms with Crippen molar-refractivity contribution in [3.05, 3.63) is 53.3 Å². The standard InChI is InChI=1S/C19H22N4O/c1-4-5-11-20-19(24)16-12-13(2)21-18-17(16)14(3)22-23(18)15-9-7-6-8-10-15/h6-10,12H,4-5,11H2,1-3H3,(H,20,24). The molecule has 1 amide bonds. The maximum atomic E-state index is 12.6. The van der Waals surface area contributed by atoms with Crippen LogP contribution in [0.1, 0.15) is 41.5 Å². The minimum absolute atomic E-state index is 0.0605. The van der Waals surface area contributed by atoms with Crippen LogP contribution in [-0.2, 0) is 0 Å². The second kappa shape index (κ2) is 6.83. The molecule has 5 nitrogen and oxygen atoms in total. The fourth-order valence-electron chi connectivity index (χ4n) is 2.82. The summed E-state index contributed by atoms with van der Waals surface area (Å²) in [6, 6.07) is 11.7. The van der Waals surface area contributed by atoms with E-state index in [4.69, 9.17) is 0 Å². The molecule has 0 aliphatic carbocycles. The van der Waals surface area contributed by atoms with Gasteiger partial charge in [-0.15, -0.1) is 0 Å². The summed E-state index contributed by atoms with van der Waals surface area (Å²) in [5.74, 6) is -0.0605. The quantitative estimate of drug-likeness (QED) is 0.731. The molecule has 1 N–H and O–H groups in total. The summed E-state index contributed by atoms with van der Waals surface area (Å²) in [6.45, 7) is 6.61. The number of aryl methyl sites for hydroxylation is 2. The van der Waals surface area contributed by atoms with E-state index in [2.05, 4.69) is 22.3 Å². The Labute approximate surface area is 141 Å². The van der Waals surface area contributed by atoms with Crippen molar-refractivity contribution in [2.75, 3.05) is 6.54 Å². The molecule has 0 aliphatic heterocycles. The van der Waals surface area contributed by atoms with Crippen molar-refractivity contribution >= 4 is 16.9 Å². The van der Waals surface area contributed by atoms with Crippen molar-refractivity contribution in [2.45, 2.75) is 33.6 Å². The molecule has 1 aromatic carbocycles. The van der Waals surface area contributed by atoms with Crippen LogP contribution in [0.3, 0.4) is 0 Å². The van der Waals surface area contributed by atoms with Crippen molar-refractivity contribution in [3.63, 3.8) is 0 Å². The number of unbranched alkanes of at least 4 members (excludes halogenated alkanes) is 1. The van der Waals surface area contributed by atoms with Gasteiger partial charge in [0, 0.05) is 12.2 Å². The number of carbonyl (C=O) groups excluding carboxylic acids is 1. The lowest BCUT2D eigenvalue weighted by molar-refractivity contribution is 0.0954. The SMILES string of the molecule is CCCCNC(=O)c1cc(C)nc2c1c(C)nn2-c1ccccc1. The van der Waals surface area contributed by atoms with Gasteiger partial charge in [-0.05, 0) is 38.5 Å². The van der Waals surface area contributed by atoms with Gasteiger partial charge in [-0.1, -0.05) is 31.5 Å². The number of fused-ring (bicyclic) bond motifs is 1. The molecule has 0 saturated carbocycles. The third-order valence-electron chi connectivity index (χ3n) is 4.00. The Morgan fingerprint density at radius 1 is 1.21 bits per heavy atom. The first-order valence-corrected chi connectivity index (χ1v) is 8.32. The van der Waals surface area contributed by atoms with Gasteiger partial charge in [-0.2, -0.15) is 5.10 Å². The predicted molar refractivity (Wildman–Crippen MR) is 95.6 cm³/mol. The van der Waals surface area contributed by atoms with E-state index in [1.807, 2.05) is 50.2 Å². The topological polar surface area (TPSA) is 59.8 Å². The Kier molecular flexibility index (Phi) is 4.60. The lowest BCUT2D eigenvalue weighted by Gasteiger charge is -2.08. The molecule has 2 heterocycles. The first kappa shape index (κ1) is 16.2. The number of hydrogen-bond donors (Lipinski definition) is 1. The Morgan fingerprint density at radius 2 is 1.96 bits per heavy atom. The molecule has 3 aromatic rings. The first-order valence-electron chi connectivity index (χ1n) is 8.32. The molecule has 0 atom stereocenters. The zero-order chi connectivity index (χ0) is 17.1. The van der Waals surface area contributed by atoms with Crippen LogP contribution in [-0.4, -0.2) is 27.2 Å². The average molecular weight is 322 g/mol. The second-order valence-electron chi connectivity index (χ2n) is 5.95. The fraction of sp³-hybridized carbons (Fsp3) is 0.316. The predicted octanol–water partition coefficient (Wildman–Crippen LogP) is 3.57. The number of hydrogen-bond acceptors (Lipinski definition) is 3. The van der Waals surface area contributed by atoms with Crippen LogP contribution in [0, 0.1) is 13.8 Å². The summed E-state index contributed by atoms with van der Waals surface area (Å²) in [7, 11) is 0. The van der Waals surface area contributed by atoms with Crippen molar-refractivity contribution in [1.29, 1.82) is 0 Å². The van der Waals surface area contributed by atoms with Crippen LogP contribution in [0.2, 0.25) is 0 Å². The van der Waals surface area contributed by atoms with Crippen LogP contribution < -0.4 is 5.32 Å². The Balaban J connectivity index is 2.12. The maximum absolute atomic E-state index is 12.6. The molecule has 3 rings (SSSR count). The monoisotopic (exact) mass is 322 g/mol. The van der Waals surface area contributed by atoms with Gasteiger partial charge in [0.15, 0.2) is 5.65 Å². The molecule has 124 valence electrons. The summed E-state index contributed by atoms with van der Waals surface area (Å²) in [5, 5.41) is 8.42. The number of amides is 1. The fourth-order valence-corrected chi connectivity index (χ4v) is 2.82. The van der Waals surface area contributed by atoms with Gasteiger partial charge in [-0.3, -0.25) is 4.79 Å². The van der Waals surface area contributed by atoms with E-state index < -0.39 is 0 Å². The number of pyridine rings is 1. The molecule has 24 heavy (non-hydrogen) atoms. The van der Waals surface area contributed by atoms with Crippen LogP contribution in [0.25, 0.3) is 16.7 Å². The molecule has 2 aromatic heterocycles. The smallest absolute Gasteiger partial charge is 0.252 e. The highest BCUT2D eigenvalue weighted by atomic mass is 16.1. The zero-order valence-electron chi connectivity index (χ0n) is 14.3. The van der Waals surface area contributed by atoms with Crippen molar-refractivity contribution in [1.82, 2.24) is 20.1 Å². The van der Waals surface area contributed by atoms with E-state index >= 15 is 0 Å². The van der Waals surface area contributed by atoms with E-state index in [-0.39, 0.29) is 5.91 Å². The lowest BCUT2D eigenvalue weighted by Crippen LogP contribution is -2.24. The number of nitrogens with one attached hydrogen (secondary N) is 1. The lowest BCUT2D eigenvalue weighted by atomic mass is 10.1. The number of para-hydroxylation sites is 1. The highest BCUT2D eigenvalue weighted by Gasteiger charge is 2.19. The van der Waals surface area contributed by atoms with Gasteiger partial charge >= 0.3 is 0 Å². The second-order valence-corrected chi connectivity index (χ2v) is 5.95. The normalized spacial score (nSPS) is 11.0. The molecule has 0 aliphatic rings. The van der Waals surface area contributed by atoms with Crippen LogP contribution in [0.5, 0.6) is 0 Å². The molecule has 0 unspecified atom stereocenters. The van der Waals surface area contributed by atoms with Gasteiger partial charge in [-0.25, -0.2) is 9.67 Å². The highest BCUT2D eigenvalue weighted by Crippen LogP contribution is 2.24. The van der Waals surface area contributed by atoms with Gasteiger partial charge < -0.3 is 5.32 Å². The van der Waals surface area contributed by atoms with Crippen molar-refractivity contribution in [3.8, 4) is 5.69 Å². The third kappa shape index (κ3) is 3.02. The number of benzene rings is 1. The Bertz CT molecular complexity index is 868. The molecule has 5 heteroatoms. The molecule has 0 bridgehead atoms. The van der Waals surface area contributed by atoms with Gasteiger partial charge in [0.1, 0.15) is 0 Å². The minimum Gasteiger partial charge on any atom is -0.352 e. The first-order chi connectivity index (χ1) is 11.6. The van der Waals surface area contributed by atoms with Gasteiger partial charge in [0.2, 0.25) is 0 Å². The van der Waals surface area contributed by atoms with Crippen LogP contribution >= 0.6 is 0 Å².